The van der Waals surface area contributed by atoms with Crippen molar-refractivity contribution >= 4 is 23.1 Å². The molecule has 0 amide bonds. The summed E-state index contributed by atoms with van der Waals surface area (Å²) < 4.78 is 0. The minimum atomic E-state index is -1.01. The number of thiophene rings is 1. The molecule has 0 spiro atoms. The lowest BCUT2D eigenvalue weighted by atomic mass is 10.1. The van der Waals surface area contributed by atoms with Crippen molar-refractivity contribution in [3.05, 3.63) is 52.5 Å². The third kappa shape index (κ3) is 3.97. The van der Waals surface area contributed by atoms with Gasteiger partial charge in [-0.25, -0.2) is 0 Å². The Morgan fingerprint density at radius 2 is 2.15 bits per heavy atom. The third-order valence-corrected chi connectivity index (χ3v) is 3.60. The highest BCUT2D eigenvalue weighted by atomic mass is 32.1. The highest BCUT2D eigenvalue weighted by molar-refractivity contribution is 7.12. The zero-order chi connectivity index (χ0) is 14.4. The summed E-state index contributed by atoms with van der Waals surface area (Å²) in [4.78, 5) is 27.8. The standard InChI is InChI=1S/C14H14N2O3S/c17-13(18)8-11(14(19)12-5-3-7-20-12)16-9-10-4-1-2-6-15-10/h1-7,11,16H,8-9H2,(H,17,18). The van der Waals surface area contributed by atoms with Crippen LogP contribution in [-0.2, 0) is 11.3 Å². The highest BCUT2D eigenvalue weighted by Crippen LogP contribution is 2.13. The highest BCUT2D eigenvalue weighted by Gasteiger charge is 2.23. The van der Waals surface area contributed by atoms with E-state index in [0.29, 0.717) is 11.4 Å². The van der Waals surface area contributed by atoms with Gasteiger partial charge < -0.3 is 10.4 Å². The number of hydrogen-bond donors (Lipinski definition) is 2. The Balaban J connectivity index is 2.04. The van der Waals surface area contributed by atoms with Gasteiger partial charge in [0.1, 0.15) is 0 Å². The first-order valence-electron chi connectivity index (χ1n) is 6.09. The maximum absolute atomic E-state index is 12.2. The fraction of sp³-hybridized carbons (Fsp3) is 0.214. The van der Waals surface area contributed by atoms with Crippen molar-refractivity contribution in [1.82, 2.24) is 10.3 Å². The lowest BCUT2D eigenvalue weighted by Crippen LogP contribution is -2.38. The molecule has 2 rings (SSSR count). The van der Waals surface area contributed by atoms with Crippen LogP contribution >= 0.6 is 11.3 Å². The first kappa shape index (κ1) is 14.4. The fourth-order valence-electron chi connectivity index (χ4n) is 1.75. The molecule has 6 heteroatoms. The number of carboxylic acids is 1. The van der Waals surface area contributed by atoms with Crippen LogP contribution < -0.4 is 5.32 Å². The number of carbonyl (C=O) groups is 2. The summed E-state index contributed by atoms with van der Waals surface area (Å²) >= 11 is 1.31. The third-order valence-electron chi connectivity index (χ3n) is 2.71. The summed E-state index contributed by atoms with van der Waals surface area (Å²) in [5, 5.41) is 13.7. The number of nitrogens with one attached hydrogen (secondary N) is 1. The number of hydrogen-bond acceptors (Lipinski definition) is 5. The first-order chi connectivity index (χ1) is 9.66. The van der Waals surface area contributed by atoms with Crippen LogP contribution in [-0.4, -0.2) is 27.9 Å². The zero-order valence-corrected chi connectivity index (χ0v) is 11.5. The van der Waals surface area contributed by atoms with Crippen molar-refractivity contribution in [2.24, 2.45) is 0 Å². The zero-order valence-electron chi connectivity index (χ0n) is 10.7. The van der Waals surface area contributed by atoms with Gasteiger partial charge in [0.05, 0.1) is 23.0 Å². The Bertz CT molecular complexity index is 569. The molecule has 0 aliphatic rings. The van der Waals surface area contributed by atoms with E-state index in [0.717, 1.165) is 5.69 Å². The van der Waals surface area contributed by atoms with Crippen LogP contribution in [0.5, 0.6) is 0 Å². The number of aromatic nitrogens is 1. The van der Waals surface area contributed by atoms with E-state index in [1.54, 1.807) is 29.8 Å². The molecule has 2 aromatic rings. The largest absolute Gasteiger partial charge is 0.481 e. The van der Waals surface area contributed by atoms with Gasteiger partial charge in [0.2, 0.25) is 0 Å². The molecule has 104 valence electrons. The van der Waals surface area contributed by atoms with Crippen LogP contribution in [0.25, 0.3) is 0 Å². The Morgan fingerprint density at radius 1 is 1.30 bits per heavy atom. The lowest BCUT2D eigenvalue weighted by molar-refractivity contribution is -0.137. The van der Waals surface area contributed by atoms with Crippen molar-refractivity contribution in [2.45, 2.75) is 19.0 Å². The van der Waals surface area contributed by atoms with Gasteiger partial charge in [-0.05, 0) is 23.6 Å². The molecule has 2 aromatic heterocycles. The van der Waals surface area contributed by atoms with Gasteiger partial charge in [-0.2, -0.15) is 0 Å². The second-order valence-corrected chi connectivity index (χ2v) is 5.14. The van der Waals surface area contributed by atoms with E-state index in [2.05, 4.69) is 10.3 Å². The molecule has 1 atom stereocenters. The van der Waals surface area contributed by atoms with Gasteiger partial charge in [-0.3, -0.25) is 14.6 Å². The Hall–Kier alpha value is -2.05. The first-order valence-corrected chi connectivity index (χ1v) is 6.97. The number of ketones is 1. The minimum Gasteiger partial charge on any atom is -0.481 e. The molecule has 0 bridgehead atoms. The van der Waals surface area contributed by atoms with Crippen LogP contribution in [0.1, 0.15) is 21.8 Å². The van der Waals surface area contributed by atoms with Crippen LogP contribution in [0.4, 0.5) is 0 Å². The molecule has 0 fully saturated rings. The summed E-state index contributed by atoms with van der Waals surface area (Å²) in [6.07, 6.45) is 1.41. The molecule has 2 N–H and O–H groups in total. The molecule has 2 heterocycles. The van der Waals surface area contributed by atoms with E-state index < -0.39 is 12.0 Å². The predicted octanol–water partition coefficient (Wildman–Crippen LogP) is 1.96. The number of rotatable bonds is 7. The van der Waals surface area contributed by atoms with Gasteiger partial charge in [-0.1, -0.05) is 12.1 Å². The lowest BCUT2D eigenvalue weighted by Gasteiger charge is -2.14. The summed E-state index contributed by atoms with van der Waals surface area (Å²) in [5.41, 5.74) is 0.766. The average Bonchev–Trinajstić information content (AvgIpc) is 2.97. The SMILES string of the molecule is O=C(O)CC(NCc1ccccn1)C(=O)c1cccs1. The molecule has 0 saturated carbocycles. The monoisotopic (exact) mass is 290 g/mol. The Labute approximate surface area is 120 Å². The molecule has 0 aliphatic heterocycles. The number of carbonyl (C=O) groups excluding carboxylic acids is 1. The van der Waals surface area contributed by atoms with Gasteiger partial charge in [0.25, 0.3) is 0 Å². The molecule has 0 saturated heterocycles. The van der Waals surface area contributed by atoms with Gasteiger partial charge in [-0.15, -0.1) is 11.3 Å². The number of Topliss-reactive ketones (excluding diaryl/α,β-unsaturated/α-hetero) is 1. The van der Waals surface area contributed by atoms with E-state index in [1.165, 1.54) is 11.3 Å². The van der Waals surface area contributed by atoms with E-state index in [4.69, 9.17) is 5.11 Å². The maximum Gasteiger partial charge on any atom is 0.305 e. The van der Waals surface area contributed by atoms with Crippen molar-refractivity contribution in [3.63, 3.8) is 0 Å². The summed E-state index contributed by atoms with van der Waals surface area (Å²) in [6.45, 7) is 0.357. The normalized spacial score (nSPS) is 12.0. The smallest absolute Gasteiger partial charge is 0.305 e. The molecule has 1 unspecified atom stereocenters. The Morgan fingerprint density at radius 3 is 2.75 bits per heavy atom. The number of carboxylic acid groups (broad SMARTS) is 1. The van der Waals surface area contributed by atoms with E-state index in [-0.39, 0.29) is 12.2 Å². The van der Waals surface area contributed by atoms with Crippen molar-refractivity contribution in [1.29, 1.82) is 0 Å². The average molecular weight is 290 g/mol. The summed E-state index contributed by atoms with van der Waals surface area (Å²) in [7, 11) is 0. The van der Waals surface area contributed by atoms with Gasteiger partial charge in [0, 0.05) is 12.7 Å². The van der Waals surface area contributed by atoms with Crippen LogP contribution in [0.3, 0.4) is 0 Å². The molecule has 5 nitrogen and oxygen atoms in total. The molecule has 20 heavy (non-hydrogen) atoms. The van der Waals surface area contributed by atoms with Crippen molar-refractivity contribution < 1.29 is 14.7 Å². The van der Waals surface area contributed by atoms with E-state index >= 15 is 0 Å². The number of aliphatic carboxylic acids is 1. The minimum absolute atomic E-state index is 0.196. The topological polar surface area (TPSA) is 79.3 Å². The van der Waals surface area contributed by atoms with E-state index in [1.807, 2.05) is 12.1 Å². The summed E-state index contributed by atoms with van der Waals surface area (Å²) in [5.74, 6) is -1.20. The molecular formula is C14H14N2O3S. The van der Waals surface area contributed by atoms with Crippen LogP contribution in [0.2, 0.25) is 0 Å². The van der Waals surface area contributed by atoms with Crippen LogP contribution in [0.15, 0.2) is 41.9 Å². The quantitative estimate of drug-likeness (QED) is 0.762. The molecule has 0 aliphatic carbocycles. The van der Waals surface area contributed by atoms with Crippen LogP contribution in [0, 0.1) is 0 Å². The van der Waals surface area contributed by atoms with E-state index in [9.17, 15) is 9.59 Å². The number of pyridine rings is 1. The van der Waals surface area contributed by atoms with Crippen molar-refractivity contribution in [3.8, 4) is 0 Å². The second-order valence-electron chi connectivity index (χ2n) is 4.19. The molecular weight excluding hydrogens is 276 g/mol. The summed E-state index contributed by atoms with van der Waals surface area (Å²) in [6, 6.07) is 8.19. The fourth-order valence-corrected chi connectivity index (χ4v) is 2.47. The molecule has 0 radical (unpaired) electrons. The number of nitrogens with zero attached hydrogens (tertiary/aromatic N) is 1. The van der Waals surface area contributed by atoms with Gasteiger partial charge in [0.15, 0.2) is 5.78 Å². The predicted molar refractivity (Wildman–Crippen MR) is 75.8 cm³/mol. The molecule has 0 aromatic carbocycles. The maximum atomic E-state index is 12.2. The Kier molecular flexibility index (Phi) is 4.97. The van der Waals surface area contributed by atoms with Crippen molar-refractivity contribution in [2.75, 3.05) is 0 Å². The second kappa shape index (κ2) is 6.93. The van der Waals surface area contributed by atoms with Gasteiger partial charge >= 0.3 is 5.97 Å².